The van der Waals surface area contributed by atoms with Gasteiger partial charge in [0.1, 0.15) is 12.0 Å². The van der Waals surface area contributed by atoms with Crippen LogP contribution in [0.2, 0.25) is 0 Å². The molecule has 0 aliphatic heterocycles. The minimum absolute atomic E-state index is 0.0304. The highest BCUT2D eigenvalue weighted by Gasteiger charge is 2.72. The second-order valence-corrected chi connectivity index (χ2v) is 9.37. The van der Waals surface area contributed by atoms with Crippen molar-refractivity contribution >= 4 is 17.3 Å². The van der Waals surface area contributed by atoms with E-state index in [4.69, 9.17) is 0 Å². The Morgan fingerprint density at radius 3 is 2.54 bits per heavy atom. The lowest BCUT2D eigenvalue weighted by molar-refractivity contribution is -0.177. The van der Waals surface area contributed by atoms with Gasteiger partial charge in [0.2, 0.25) is 0 Å². The van der Waals surface area contributed by atoms with Crippen molar-refractivity contribution in [1.29, 1.82) is 0 Å². The van der Waals surface area contributed by atoms with Crippen LogP contribution in [0.1, 0.15) is 59.3 Å². The Morgan fingerprint density at radius 2 is 1.88 bits per heavy atom. The molecule has 3 nitrogen and oxygen atoms in total. The number of alkyl halides is 2. The fourth-order valence-electron chi connectivity index (χ4n) is 6.95. The number of hydrogen-bond acceptors (Lipinski definition) is 3. The van der Waals surface area contributed by atoms with Crippen LogP contribution in [-0.4, -0.2) is 29.2 Å². The van der Waals surface area contributed by atoms with Crippen molar-refractivity contribution in [2.24, 2.45) is 28.6 Å². The molecular formula is C21H26F2O3. The molecule has 0 heterocycles. The number of Topliss-reactive ketones (excluding diaryl/α,β-unsaturated/α-hetero) is 2. The minimum atomic E-state index is -2.14. The number of ketones is 3. The van der Waals surface area contributed by atoms with E-state index >= 15 is 8.78 Å². The molecule has 5 heteroatoms. The fraction of sp³-hybridized carbons (Fsp3) is 0.762. The molecule has 7 atom stereocenters. The Morgan fingerprint density at radius 1 is 1.19 bits per heavy atom. The van der Waals surface area contributed by atoms with Crippen LogP contribution in [0.4, 0.5) is 8.78 Å². The third-order valence-electron chi connectivity index (χ3n) is 8.27. The van der Waals surface area contributed by atoms with Gasteiger partial charge < -0.3 is 0 Å². The van der Waals surface area contributed by atoms with Crippen molar-refractivity contribution < 1.29 is 23.2 Å². The van der Waals surface area contributed by atoms with Crippen molar-refractivity contribution in [3.63, 3.8) is 0 Å². The van der Waals surface area contributed by atoms with Gasteiger partial charge in [-0.15, -0.1) is 0 Å². The van der Waals surface area contributed by atoms with E-state index in [1.54, 1.807) is 6.92 Å². The normalized spacial score (nSPS) is 50.6. The molecular weight excluding hydrogens is 338 g/mol. The molecule has 0 amide bonds. The van der Waals surface area contributed by atoms with Crippen molar-refractivity contribution in [2.45, 2.75) is 71.1 Å². The summed E-state index contributed by atoms with van der Waals surface area (Å²) in [7, 11) is 0. The zero-order valence-corrected chi connectivity index (χ0v) is 15.6. The molecule has 26 heavy (non-hydrogen) atoms. The summed E-state index contributed by atoms with van der Waals surface area (Å²) in [4.78, 5) is 37.1. The maximum Gasteiger partial charge on any atom is 0.181 e. The van der Waals surface area contributed by atoms with Gasteiger partial charge >= 0.3 is 0 Å². The molecule has 0 aromatic heterocycles. The Kier molecular flexibility index (Phi) is 3.69. The smallest absolute Gasteiger partial charge is 0.181 e. The third kappa shape index (κ3) is 1.95. The van der Waals surface area contributed by atoms with Gasteiger partial charge in [-0.3, -0.25) is 14.4 Å². The molecule has 3 fully saturated rings. The summed E-state index contributed by atoms with van der Waals surface area (Å²) in [6.07, 6.45) is 1.44. The summed E-state index contributed by atoms with van der Waals surface area (Å²) in [5, 5.41) is 0. The van der Waals surface area contributed by atoms with Gasteiger partial charge in [0.15, 0.2) is 17.2 Å². The summed E-state index contributed by atoms with van der Waals surface area (Å²) >= 11 is 0. The Hall–Kier alpha value is -1.39. The molecule has 3 saturated carbocycles. The zero-order chi connectivity index (χ0) is 19.1. The predicted molar refractivity (Wildman–Crippen MR) is 91.9 cm³/mol. The van der Waals surface area contributed by atoms with Crippen LogP contribution < -0.4 is 0 Å². The monoisotopic (exact) mass is 364 g/mol. The second-order valence-electron chi connectivity index (χ2n) is 9.37. The maximum atomic E-state index is 16.6. The van der Waals surface area contributed by atoms with Gasteiger partial charge in [-0.25, -0.2) is 8.78 Å². The first-order valence-electron chi connectivity index (χ1n) is 9.67. The number of allylic oxidation sites excluding steroid dienone is 1. The molecule has 4 aliphatic rings. The van der Waals surface area contributed by atoms with Crippen LogP contribution >= 0.6 is 0 Å². The fourth-order valence-corrected chi connectivity index (χ4v) is 6.95. The van der Waals surface area contributed by atoms with Crippen LogP contribution in [0.5, 0.6) is 0 Å². The molecule has 0 radical (unpaired) electrons. The highest BCUT2D eigenvalue weighted by Crippen LogP contribution is 2.68. The molecule has 0 N–H and O–H groups in total. The predicted octanol–water partition coefficient (Wildman–Crippen LogP) is 3.94. The third-order valence-corrected chi connectivity index (χ3v) is 8.27. The van der Waals surface area contributed by atoms with Crippen LogP contribution in [0.3, 0.4) is 0 Å². The quantitative estimate of drug-likeness (QED) is 0.708. The molecule has 7 unspecified atom stereocenters. The number of fused-ring (bicyclic) bond motifs is 5. The SMILES string of the molecule is CC(=O)C1CCC2C3CC(F)C4=CC(=O)CCC4(C)C3(F)C(=O)CC12C. The van der Waals surface area contributed by atoms with Crippen LogP contribution in [0.15, 0.2) is 11.6 Å². The van der Waals surface area contributed by atoms with Gasteiger partial charge in [-0.2, -0.15) is 0 Å². The first-order valence-corrected chi connectivity index (χ1v) is 9.67. The number of rotatable bonds is 1. The molecule has 0 aromatic rings. The van der Waals surface area contributed by atoms with Crippen LogP contribution in [0, 0.1) is 28.6 Å². The largest absolute Gasteiger partial charge is 0.300 e. The number of halogens is 2. The Labute approximate surface area is 152 Å². The number of carbonyl (C=O) groups is 3. The van der Waals surface area contributed by atoms with Crippen molar-refractivity contribution in [3.8, 4) is 0 Å². The highest BCUT2D eigenvalue weighted by molar-refractivity contribution is 5.96. The van der Waals surface area contributed by atoms with E-state index in [1.165, 1.54) is 13.0 Å². The first-order chi connectivity index (χ1) is 12.1. The van der Waals surface area contributed by atoms with Gasteiger partial charge in [0.25, 0.3) is 0 Å². The summed E-state index contributed by atoms with van der Waals surface area (Å²) in [5.41, 5.74) is -3.80. The van der Waals surface area contributed by atoms with Gasteiger partial charge in [-0.05, 0) is 55.6 Å². The molecule has 4 aliphatic carbocycles. The number of carbonyl (C=O) groups excluding carboxylic acids is 3. The van der Waals surface area contributed by atoms with E-state index in [0.29, 0.717) is 12.8 Å². The highest BCUT2D eigenvalue weighted by atomic mass is 19.1. The van der Waals surface area contributed by atoms with Crippen molar-refractivity contribution in [2.75, 3.05) is 0 Å². The topological polar surface area (TPSA) is 51.2 Å². The standard InChI is InChI=1S/C21H26F2O3/c1-11(24)13-4-5-14-15-9-17(22)16-8-12(25)6-7-20(16,3)21(15,23)18(26)10-19(13,14)2/h8,13-15,17H,4-7,9-10H2,1-3H3. The minimum Gasteiger partial charge on any atom is -0.300 e. The average Bonchev–Trinajstić information content (AvgIpc) is 2.89. The van der Waals surface area contributed by atoms with E-state index in [9.17, 15) is 14.4 Å². The van der Waals surface area contributed by atoms with Crippen molar-refractivity contribution in [3.05, 3.63) is 11.6 Å². The molecule has 4 rings (SSSR count). The van der Waals surface area contributed by atoms with Crippen molar-refractivity contribution in [1.82, 2.24) is 0 Å². The lowest BCUT2D eigenvalue weighted by atomic mass is 9.44. The number of hydrogen-bond donors (Lipinski definition) is 0. The average molecular weight is 364 g/mol. The molecule has 142 valence electrons. The van der Waals surface area contributed by atoms with Crippen LogP contribution in [0.25, 0.3) is 0 Å². The van der Waals surface area contributed by atoms with E-state index in [0.717, 1.165) is 0 Å². The molecule has 0 saturated heterocycles. The van der Waals surface area contributed by atoms with E-state index < -0.39 is 34.4 Å². The first kappa shape index (κ1) is 18.0. The van der Waals surface area contributed by atoms with E-state index in [2.05, 4.69) is 0 Å². The van der Waals surface area contributed by atoms with Crippen LogP contribution in [-0.2, 0) is 14.4 Å². The molecule has 0 aromatic carbocycles. The molecule has 0 bridgehead atoms. The Balaban J connectivity index is 1.84. The summed E-state index contributed by atoms with van der Waals surface area (Å²) in [6.45, 7) is 5.08. The summed E-state index contributed by atoms with van der Waals surface area (Å²) in [5.74, 6) is -1.79. The molecule has 0 spiro atoms. The van der Waals surface area contributed by atoms with E-state index in [1.807, 2.05) is 6.92 Å². The lowest BCUT2D eigenvalue weighted by Gasteiger charge is -2.60. The van der Waals surface area contributed by atoms with Gasteiger partial charge in [0, 0.05) is 30.1 Å². The summed E-state index contributed by atoms with van der Waals surface area (Å²) in [6, 6.07) is 0. The second kappa shape index (κ2) is 5.32. The van der Waals surface area contributed by atoms with Gasteiger partial charge in [0.05, 0.1) is 0 Å². The maximum absolute atomic E-state index is 16.6. The summed E-state index contributed by atoms with van der Waals surface area (Å²) < 4.78 is 31.7. The van der Waals surface area contributed by atoms with E-state index in [-0.39, 0.29) is 54.7 Å². The van der Waals surface area contributed by atoms with Gasteiger partial charge in [-0.1, -0.05) is 13.8 Å². The lowest BCUT2D eigenvalue weighted by Crippen LogP contribution is -2.67. The Bertz CT molecular complexity index is 744. The zero-order valence-electron chi connectivity index (χ0n) is 15.6.